The lowest BCUT2D eigenvalue weighted by molar-refractivity contribution is 0.282. The molecule has 0 aromatic heterocycles. The highest BCUT2D eigenvalue weighted by Crippen LogP contribution is 2.25. The minimum Gasteiger partial charge on any atom is -0.411 e. The highest BCUT2D eigenvalue weighted by molar-refractivity contribution is 6.25. The minimum atomic E-state index is 0.0558. The summed E-state index contributed by atoms with van der Waals surface area (Å²) in [6.45, 7) is 0.0558. The lowest BCUT2D eigenvalue weighted by Gasteiger charge is -2.04. The van der Waals surface area contributed by atoms with Crippen LogP contribution in [-0.2, 0) is 6.61 Å². The lowest BCUT2D eigenvalue weighted by Crippen LogP contribution is -1.96. The molecule has 0 aliphatic heterocycles. The molecule has 0 saturated heterocycles. The van der Waals surface area contributed by atoms with Gasteiger partial charge in [-0.1, -0.05) is 35.5 Å². The molecule has 15 heavy (non-hydrogen) atoms. The molecule has 0 atom stereocenters. The van der Waals surface area contributed by atoms with Gasteiger partial charge in [0, 0.05) is 5.57 Å². The van der Waals surface area contributed by atoms with Crippen LogP contribution in [0.2, 0.25) is 0 Å². The molecule has 1 aliphatic rings. The Kier molecular flexibility index (Phi) is 2.83. The number of oxime groups is 1. The van der Waals surface area contributed by atoms with Crippen LogP contribution in [0, 0.1) is 0 Å². The van der Waals surface area contributed by atoms with Gasteiger partial charge in [0.05, 0.1) is 12.3 Å². The molecule has 78 valence electrons. The number of hydrogen-bond acceptors (Lipinski definition) is 3. The molecule has 0 unspecified atom stereocenters. The van der Waals surface area contributed by atoms with Crippen LogP contribution in [0.25, 0.3) is 5.57 Å². The first kappa shape index (κ1) is 9.93. The van der Waals surface area contributed by atoms with Gasteiger partial charge in [-0.2, -0.15) is 0 Å². The van der Waals surface area contributed by atoms with Gasteiger partial charge in [-0.3, -0.25) is 0 Å². The molecule has 3 nitrogen and oxygen atoms in total. The van der Waals surface area contributed by atoms with Gasteiger partial charge in [-0.05, 0) is 24.0 Å². The minimum absolute atomic E-state index is 0.0558. The SMILES string of the molecule is OCc1ccc(C2=CCCC2=NO)cc1. The summed E-state index contributed by atoms with van der Waals surface area (Å²) >= 11 is 0. The summed E-state index contributed by atoms with van der Waals surface area (Å²) in [5, 5.41) is 21.0. The van der Waals surface area contributed by atoms with Crippen molar-refractivity contribution in [1.29, 1.82) is 0 Å². The van der Waals surface area contributed by atoms with Crippen molar-refractivity contribution in [3.05, 3.63) is 41.5 Å². The van der Waals surface area contributed by atoms with Crippen molar-refractivity contribution in [3.8, 4) is 0 Å². The molecule has 0 bridgehead atoms. The van der Waals surface area contributed by atoms with Crippen molar-refractivity contribution >= 4 is 11.3 Å². The number of benzene rings is 1. The van der Waals surface area contributed by atoms with E-state index in [-0.39, 0.29) is 6.61 Å². The quantitative estimate of drug-likeness (QED) is 0.571. The predicted molar refractivity (Wildman–Crippen MR) is 58.8 cm³/mol. The first-order valence-electron chi connectivity index (χ1n) is 4.97. The molecule has 0 spiro atoms. The Hall–Kier alpha value is -1.61. The first-order chi connectivity index (χ1) is 7.35. The maximum Gasteiger partial charge on any atom is 0.0873 e. The zero-order valence-corrected chi connectivity index (χ0v) is 8.35. The normalized spacial score (nSPS) is 18.2. The number of aliphatic hydroxyl groups excluding tert-OH is 1. The van der Waals surface area contributed by atoms with E-state index in [9.17, 15) is 0 Å². The molecule has 0 fully saturated rings. The van der Waals surface area contributed by atoms with Crippen molar-refractivity contribution < 1.29 is 10.3 Å². The molecule has 1 aliphatic carbocycles. The maximum atomic E-state index is 8.91. The second-order valence-electron chi connectivity index (χ2n) is 3.56. The van der Waals surface area contributed by atoms with Crippen LogP contribution in [-0.4, -0.2) is 16.0 Å². The number of aliphatic hydroxyl groups is 1. The summed E-state index contributed by atoms with van der Waals surface area (Å²) in [6.07, 6.45) is 3.80. The van der Waals surface area contributed by atoms with Gasteiger partial charge in [-0.15, -0.1) is 0 Å². The van der Waals surface area contributed by atoms with Crippen molar-refractivity contribution in [2.24, 2.45) is 5.16 Å². The van der Waals surface area contributed by atoms with Crippen LogP contribution >= 0.6 is 0 Å². The Bertz CT molecular complexity index is 404. The zero-order chi connectivity index (χ0) is 10.7. The smallest absolute Gasteiger partial charge is 0.0873 e. The molecular formula is C12H13NO2. The van der Waals surface area contributed by atoms with Gasteiger partial charge in [-0.25, -0.2) is 0 Å². The van der Waals surface area contributed by atoms with E-state index in [0.717, 1.165) is 35.3 Å². The van der Waals surface area contributed by atoms with Gasteiger partial charge in [0.25, 0.3) is 0 Å². The van der Waals surface area contributed by atoms with E-state index in [1.165, 1.54) is 0 Å². The lowest BCUT2D eigenvalue weighted by atomic mass is 10.0. The Morgan fingerprint density at radius 3 is 2.53 bits per heavy atom. The van der Waals surface area contributed by atoms with Gasteiger partial charge in [0.15, 0.2) is 0 Å². The van der Waals surface area contributed by atoms with E-state index >= 15 is 0 Å². The second-order valence-corrected chi connectivity index (χ2v) is 3.56. The third-order valence-corrected chi connectivity index (χ3v) is 2.61. The van der Waals surface area contributed by atoms with E-state index in [1.54, 1.807) is 0 Å². The summed E-state index contributed by atoms with van der Waals surface area (Å²) in [7, 11) is 0. The fourth-order valence-electron chi connectivity index (χ4n) is 1.78. The average molecular weight is 203 g/mol. The summed E-state index contributed by atoms with van der Waals surface area (Å²) in [4.78, 5) is 0. The number of rotatable bonds is 2. The fourth-order valence-corrected chi connectivity index (χ4v) is 1.78. The van der Waals surface area contributed by atoms with Crippen LogP contribution in [0.1, 0.15) is 24.0 Å². The van der Waals surface area contributed by atoms with E-state index in [4.69, 9.17) is 10.3 Å². The topological polar surface area (TPSA) is 52.8 Å². The number of nitrogens with zero attached hydrogens (tertiary/aromatic N) is 1. The number of hydrogen-bond donors (Lipinski definition) is 2. The van der Waals surface area contributed by atoms with Crippen molar-refractivity contribution in [3.63, 3.8) is 0 Å². The Labute approximate surface area is 88.4 Å². The van der Waals surface area contributed by atoms with Gasteiger partial charge in [0.1, 0.15) is 0 Å². The standard InChI is InChI=1S/C12H13NO2/c14-8-9-4-6-10(7-5-9)11-2-1-3-12(11)13-15/h2,4-7,14-15H,1,3,8H2. The van der Waals surface area contributed by atoms with Crippen LogP contribution in [0.15, 0.2) is 35.5 Å². The molecule has 1 aromatic carbocycles. The third kappa shape index (κ3) is 1.92. The van der Waals surface area contributed by atoms with E-state index in [1.807, 2.05) is 24.3 Å². The molecule has 0 radical (unpaired) electrons. The van der Waals surface area contributed by atoms with Crippen molar-refractivity contribution in [2.45, 2.75) is 19.4 Å². The molecule has 0 amide bonds. The molecule has 0 heterocycles. The molecule has 0 saturated carbocycles. The highest BCUT2D eigenvalue weighted by atomic mass is 16.4. The molecule has 3 heteroatoms. The van der Waals surface area contributed by atoms with Crippen LogP contribution in [0.3, 0.4) is 0 Å². The Morgan fingerprint density at radius 1 is 1.20 bits per heavy atom. The molecule has 2 N–H and O–H groups in total. The Balaban J connectivity index is 2.30. The van der Waals surface area contributed by atoms with Gasteiger partial charge >= 0.3 is 0 Å². The molecule has 1 aromatic rings. The Morgan fingerprint density at radius 2 is 1.93 bits per heavy atom. The largest absolute Gasteiger partial charge is 0.411 e. The molecular weight excluding hydrogens is 190 g/mol. The zero-order valence-electron chi connectivity index (χ0n) is 8.35. The van der Waals surface area contributed by atoms with Crippen molar-refractivity contribution in [2.75, 3.05) is 0 Å². The monoisotopic (exact) mass is 203 g/mol. The second kappa shape index (κ2) is 4.28. The summed E-state index contributed by atoms with van der Waals surface area (Å²) in [5.74, 6) is 0. The van der Waals surface area contributed by atoms with E-state index in [0.29, 0.717) is 0 Å². The maximum absolute atomic E-state index is 8.91. The van der Waals surface area contributed by atoms with Crippen LogP contribution in [0.4, 0.5) is 0 Å². The van der Waals surface area contributed by atoms with Gasteiger partial charge in [0.2, 0.25) is 0 Å². The average Bonchev–Trinajstić information content (AvgIpc) is 2.77. The summed E-state index contributed by atoms with van der Waals surface area (Å²) in [6, 6.07) is 7.63. The first-order valence-corrected chi connectivity index (χ1v) is 4.97. The fraction of sp³-hybridized carbons (Fsp3) is 0.250. The third-order valence-electron chi connectivity index (χ3n) is 2.61. The highest BCUT2D eigenvalue weighted by Gasteiger charge is 2.15. The van der Waals surface area contributed by atoms with Crippen LogP contribution < -0.4 is 0 Å². The van der Waals surface area contributed by atoms with E-state index < -0.39 is 0 Å². The van der Waals surface area contributed by atoms with Gasteiger partial charge < -0.3 is 10.3 Å². The number of allylic oxidation sites excluding steroid dienone is 2. The van der Waals surface area contributed by atoms with Crippen LogP contribution in [0.5, 0.6) is 0 Å². The van der Waals surface area contributed by atoms with Crippen molar-refractivity contribution in [1.82, 2.24) is 0 Å². The summed E-state index contributed by atoms with van der Waals surface area (Å²) in [5.41, 5.74) is 3.67. The summed E-state index contributed by atoms with van der Waals surface area (Å²) < 4.78 is 0. The van der Waals surface area contributed by atoms with E-state index in [2.05, 4.69) is 11.2 Å². The molecule has 2 rings (SSSR count). The predicted octanol–water partition coefficient (Wildman–Crippen LogP) is 2.19.